The van der Waals surface area contributed by atoms with E-state index in [0.29, 0.717) is 11.4 Å². The van der Waals surface area contributed by atoms with Crippen molar-refractivity contribution < 1.29 is 9.84 Å². The third-order valence-corrected chi connectivity index (χ3v) is 1.96. The van der Waals surface area contributed by atoms with Gasteiger partial charge in [0, 0.05) is 11.3 Å². The van der Waals surface area contributed by atoms with E-state index in [-0.39, 0.29) is 5.75 Å². The second-order valence-corrected chi connectivity index (χ2v) is 2.78. The third-order valence-electron chi connectivity index (χ3n) is 1.96. The smallest absolute Gasteiger partial charge is 0.165 e. The van der Waals surface area contributed by atoms with Crippen LogP contribution in [0.1, 0.15) is 11.1 Å². The topological polar surface area (TPSA) is 55.5 Å². The van der Waals surface area contributed by atoms with Gasteiger partial charge >= 0.3 is 0 Å². The average molecular weight is 167 g/mol. The fraction of sp³-hybridized carbons (Fsp3) is 0.333. The number of methoxy groups -OCH3 is 1. The molecule has 0 aliphatic carbocycles. The largest absolute Gasteiger partial charge is 0.504 e. The van der Waals surface area contributed by atoms with Crippen LogP contribution in [0, 0.1) is 13.8 Å². The first-order valence-corrected chi connectivity index (χ1v) is 3.70. The van der Waals surface area contributed by atoms with Gasteiger partial charge in [0.25, 0.3) is 0 Å². The maximum Gasteiger partial charge on any atom is 0.165 e. The van der Waals surface area contributed by atoms with Crippen LogP contribution in [0.4, 0.5) is 5.69 Å². The molecule has 0 saturated carbocycles. The van der Waals surface area contributed by atoms with Gasteiger partial charge in [0.2, 0.25) is 0 Å². The minimum absolute atomic E-state index is 0.140. The van der Waals surface area contributed by atoms with Crippen molar-refractivity contribution in [2.45, 2.75) is 13.8 Å². The minimum Gasteiger partial charge on any atom is -0.504 e. The van der Waals surface area contributed by atoms with E-state index < -0.39 is 0 Å². The molecule has 0 amide bonds. The van der Waals surface area contributed by atoms with Crippen LogP contribution in [-0.2, 0) is 0 Å². The average Bonchev–Trinajstić information content (AvgIpc) is 2.01. The maximum absolute atomic E-state index is 9.42. The van der Waals surface area contributed by atoms with Gasteiger partial charge in [-0.15, -0.1) is 0 Å². The highest BCUT2D eigenvalue weighted by Gasteiger charge is 2.09. The van der Waals surface area contributed by atoms with Crippen LogP contribution in [0.15, 0.2) is 6.07 Å². The summed E-state index contributed by atoms with van der Waals surface area (Å²) in [5.74, 6) is 0.597. The first-order valence-electron chi connectivity index (χ1n) is 3.70. The van der Waals surface area contributed by atoms with E-state index in [9.17, 15) is 5.11 Å². The van der Waals surface area contributed by atoms with Gasteiger partial charge in [-0.25, -0.2) is 0 Å². The fourth-order valence-electron chi connectivity index (χ4n) is 1.22. The molecule has 0 aliphatic heterocycles. The van der Waals surface area contributed by atoms with Crippen molar-refractivity contribution in [1.29, 1.82) is 0 Å². The summed E-state index contributed by atoms with van der Waals surface area (Å²) in [7, 11) is 1.51. The lowest BCUT2D eigenvalue weighted by molar-refractivity contribution is 0.371. The third kappa shape index (κ3) is 1.18. The van der Waals surface area contributed by atoms with Crippen LogP contribution >= 0.6 is 0 Å². The number of nitrogens with two attached hydrogens (primary N) is 1. The molecule has 0 atom stereocenters. The highest BCUT2D eigenvalue weighted by Crippen LogP contribution is 2.35. The zero-order chi connectivity index (χ0) is 9.30. The Hall–Kier alpha value is -1.38. The number of anilines is 1. The molecule has 12 heavy (non-hydrogen) atoms. The molecule has 0 unspecified atom stereocenters. The number of nitrogen functional groups attached to an aromatic ring is 1. The van der Waals surface area contributed by atoms with Gasteiger partial charge < -0.3 is 15.6 Å². The van der Waals surface area contributed by atoms with Crippen molar-refractivity contribution in [2.24, 2.45) is 0 Å². The minimum atomic E-state index is 0.140. The predicted molar refractivity (Wildman–Crippen MR) is 48.5 cm³/mol. The number of phenolic OH excluding ortho intramolecular Hbond substituents is 1. The molecule has 0 fully saturated rings. The summed E-state index contributed by atoms with van der Waals surface area (Å²) in [5.41, 5.74) is 8.06. The molecule has 0 radical (unpaired) electrons. The van der Waals surface area contributed by atoms with Gasteiger partial charge in [-0.2, -0.15) is 0 Å². The predicted octanol–water partition coefficient (Wildman–Crippen LogP) is 1.60. The zero-order valence-corrected chi connectivity index (χ0v) is 7.51. The normalized spacial score (nSPS) is 9.92. The van der Waals surface area contributed by atoms with Gasteiger partial charge in [-0.3, -0.25) is 0 Å². The molecule has 3 N–H and O–H groups in total. The molecule has 66 valence electrons. The van der Waals surface area contributed by atoms with Crippen molar-refractivity contribution in [3.63, 3.8) is 0 Å². The molecule has 3 heteroatoms. The lowest BCUT2D eigenvalue weighted by Crippen LogP contribution is -1.97. The molecule has 1 aromatic rings. The van der Waals surface area contributed by atoms with Crippen molar-refractivity contribution in [3.8, 4) is 11.5 Å². The zero-order valence-electron chi connectivity index (χ0n) is 7.51. The van der Waals surface area contributed by atoms with E-state index in [0.717, 1.165) is 11.1 Å². The lowest BCUT2D eigenvalue weighted by Gasteiger charge is -2.11. The molecule has 0 aliphatic rings. The van der Waals surface area contributed by atoms with Crippen molar-refractivity contribution in [1.82, 2.24) is 0 Å². The van der Waals surface area contributed by atoms with Crippen molar-refractivity contribution >= 4 is 5.69 Å². The molecule has 1 aromatic carbocycles. The highest BCUT2D eigenvalue weighted by molar-refractivity contribution is 5.63. The lowest BCUT2D eigenvalue weighted by atomic mass is 10.1. The Morgan fingerprint density at radius 1 is 1.42 bits per heavy atom. The molecule has 3 nitrogen and oxygen atoms in total. The van der Waals surface area contributed by atoms with Crippen LogP contribution in [0.3, 0.4) is 0 Å². The van der Waals surface area contributed by atoms with E-state index in [1.807, 2.05) is 13.8 Å². The molecule has 1 rings (SSSR count). The van der Waals surface area contributed by atoms with E-state index in [4.69, 9.17) is 10.5 Å². The Kier molecular flexibility index (Phi) is 2.13. The summed E-state index contributed by atoms with van der Waals surface area (Å²) >= 11 is 0. The molecular formula is C9H13NO2. The summed E-state index contributed by atoms with van der Waals surface area (Å²) in [6.45, 7) is 3.67. The maximum atomic E-state index is 9.42. The summed E-state index contributed by atoms with van der Waals surface area (Å²) in [6.07, 6.45) is 0. The van der Waals surface area contributed by atoms with Crippen LogP contribution in [0.5, 0.6) is 11.5 Å². The number of hydrogen-bond acceptors (Lipinski definition) is 3. The second-order valence-electron chi connectivity index (χ2n) is 2.78. The van der Waals surface area contributed by atoms with Gasteiger partial charge in [0.15, 0.2) is 11.5 Å². The number of rotatable bonds is 1. The number of aromatic hydroxyl groups is 1. The van der Waals surface area contributed by atoms with E-state index in [2.05, 4.69) is 0 Å². The molecule has 0 spiro atoms. The number of aryl methyl sites for hydroxylation is 1. The van der Waals surface area contributed by atoms with E-state index in [1.165, 1.54) is 7.11 Å². The number of benzene rings is 1. The van der Waals surface area contributed by atoms with Crippen LogP contribution < -0.4 is 10.5 Å². The van der Waals surface area contributed by atoms with Gasteiger partial charge in [0.05, 0.1) is 7.11 Å². The van der Waals surface area contributed by atoms with E-state index in [1.54, 1.807) is 6.07 Å². The Morgan fingerprint density at radius 3 is 2.50 bits per heavy atom. The molecule has 0 saturated heterocycles. The fourth-order valence-corrected chi connectivity index (χ4v) is 1.22. The summed E-state index contributed by atoms with van der Waals surface area (Å²) in [5, 5.41) is 9.42. The highest BCUT2D eigenvalue weighted by atomic mass is 16.5. The van der Waals surface area contributed by atoms with Gasteiger partial charge in [-0.1, -0.05) is 0 Å². The quantitative estimate of drug-likeness (QED) is 0.493. The Labute approximate surface area is 71.8 Å². The van der Waals surface area contributed by atoms with Gasteiger partial charge in [0.1, 0.15) is 0 Å². The van der Waals surface area contributed by atoms with E-state index >= 15 is 0 Å². The summed E-state index contributed by atoms with van der Waals surface area (Å²) in [4.78, 5) is 0. The SMILES string of the molecule is COc1c(O)cc(C)c(N)c1C. The molecule has 0 bridgehead atoms. The first-order chi connectivity index (χ1) is 5.57. The van der Waals surface area contributed by atoms with Crippen LogP contribution in [0.25, 0.3) is 0 Å². The molecular weight excluding hydrogens is 154 g/mol. The van der Waals surface area contributed by atoms with Crippen LogP contribution in [-0.4, -0.2) is 12.2 Å². The van der Waals surface area contributed by atoms with Crippen LogP contribution in [0.2, 0.25) is 0 Å². The summed E-state index contributed by atoms with van der Waals surface area (Å²) < 4.78 is 4.98. The second kappa shape index (κ2) is 2.93. The molecule has 0 aromatic heterocycles. The number of ether oxygens (including phenoxy) is 1. The first kappa shape index (κ1) is 8.71. The number of hydrogen-bond donors (Lipinski definition) is 2. The molecule has 0 heterocycles. The standard InChI is InChI=1S/C9H13NO2/c1-5-4-7(11)9(12-3)6(2)8(5)10/h4,11H,10H2,1-3H3. The monoisotopic (exact) mass is 167 g/mol. The Balaban J connectivity index is 3.40. The number of phenols is 1. The summed E-state index contributed by atoms with van der Waals surface area (Å²) in [6, 6.07) is 1.60. The Bertz CT molecular complexity index is 308. The van der Waals surface area contributed by atoms with Gasteiger partial charge in [-0.05, 0) is 25.5 Å². The van der Waals surface area contributed by atoms with Crippen molar-refractivity contribution in [2.75, 3.05) is 12.8 Å². The van der Waals surface area contributed by atoms with Crippen molar-refractivity contribution in [3.05, 3.63) is 17.2 Å². The Morgan fingerprint density at radius 2 is 2.00 bits per heavy atom.